The molecule has 6 N–H and O–H groups in total. The number of aliphatic hydroxyl groups is 2. The number of fused-ring (bicyclic) bond motifs is 2. The molecule has 2 saturated heterocycles. The van der Waals surface area contributed by atoms with Gasteiger partial charge in [0.05, 0.1) is 24.8 Å². The van der Waals surface area contributed by atoms with Gasteiger partial charge in [0.25, 0.3) is 0 Å². The lowest BCUT2D eigenvalue weighted by molar-refractivity contribution is -0.0459. The van der Waals surface area contributed by atoms with Crippen LogP contribution >= 0.6 is 23.2 Å². The Bertz CT molecular complexity index is 1940. The minimum absolute atomic E-state index is 0.0615. The number of carbonyl (C=O) groups is 1. The van der Waals surface area contributed by atoms with Gasteiger partial charge in [0.1, 0.15) is 29.3 Å². The SMILES string of the molecule is CC[C@H]1O[C@@H](n2cnc3c(N)nc(Cl)nc32)[C@H](F)C1OC(=O)c1ccccc1.Nc1nc(Cl)nc2c1ncn2[C@@H]1O[C@H](CO)C(O)[C@H]1F. The molecule has 8 atom stereocenters. The Morgan fingerprint density at radius 2 is 1.42 bits per heavy atom. The highest BCUT2D eigenvalue weighted by Gasteiger charge is 2.48. The molecule has 2 aliphatic rings. The van der Waals surface area contributed by atoms with Crippen LogP contribution in [0.25, 0.3) is 22.3 Å². The number of benzene rings is 1. The van der Waals surface area contributed by atoms with E-state index in [2.05, 4.69) is 29.9 Å². The molecule has 5 aromatic rings. The van der Waals surface area contributed by atoms with Crippen molar-refractivity contribution in [3.8, 4) is 0 Å². The standard InChI is InChI=1S/C18H17ClFN5O3.C10H11ClFN5O3/c1-2-10-13(28-17(26)9-6-4-3-5-7-9)11(20)16(27-10)25-8-22-12-14(21)23-18(19)24-15(12)25;11-10-15-7(13)5-8(16-10)17(2-14-5)9-4(12)6(19)3(1-18)20-9/h3-8,10-11,13,16H,2H2,1H3,(H2,21,23,24);2-4,6,9,18-19H,1H2,(H2,13,15,16)/t10-,11-,13?,16-;3-,4-,6?,9-/m11/s1. The number of alkyl halides is 2. The number of aromatic nitrogens is 8. The highest BCUT2D eigenvalue weighted by atomic mass is 35.5. The monoisotopic (exact) mass is 708 g/mol. The molecule has 4 aromatic heterocycles. The molecule has 1 aromatic carbocycles. The van der Waals surface area contributed by atoms with Crippen molar-refractivity contribution < 1.29 is 38.0 Å². The van der Waals surface area contributed by atoms with Crippen molar-refractivity contribution >= 4 is 63.1 Å². The zero-order valence-corrected chi connectivity index (χ0v) is 26.4. The number of ether oxygens (including phenoxy) is 3. The highest BCUT2D eigenvalue weighted by molar-refractivity contribution is 6.29. The van der Waals surface area contributed by atoms with E-state index in [9.17, 15) is 14.3 Å². The predicted molar refractivity (Wildman–Crippen MR) is 166 cm³/mol. The summed E-state index contributed by atoms with van der Waals surface area (Å²) >= 11 is 11.6. The van der Waals surface area contributed by atoms with Crippen LogP contribution in [-0.4, -0.2) is 98.6 Å². The zero-order chi connectivity index (χ0) is 34.3. The first-order valence-electron chi connectivity index (χ1n) is 14.5. The van der Waals surface area contributed by atoms with Crippen molar-refractivity contribution in [3.63, 3.8) is 0 Å². The first-order chi connectivity index (χ1) is 23.0. The largest absolute Gasteiger partial charge is 0.453 e. The number of hydrogen-bond donors (Lipinski definition) is 4. The van der Waals surface area contributed by atoms with Crippen LogP contribution in [-0.2, 0) is 14.2 Å². The summed E-state index contributed by atoms with van der Waals surface area (Å²) in [5, 5.41) is 18.5. The van der Waals surface area contributed by atoms with E-state index in [-0.39, 0.29) is 44.5 Å². The number of carbonyl (C=O) groups excluding carboxylic acids is 1. The Labute approximate surface area is 279 Å². The second-order valence-electron chi connectivity index (χ2n) is 10.7. The molecule has 0 saturated carbocycles. The van der Waals surface area contributed by atoms with E-state index < -0.39 is 61.8 Å². The van der Waals surface area contributed by atoms with E-state index in [1.54, 1.807) is 30.3 Å². The van der Waals surface area contributed by atoms with E-state index in [0.29, 0.717) is 12.0 Å². The summed E-state index contributed by atoms with van der Waals surface area (Å²) in [6, 6.07) is 8.41. The lowest BCUT2D eigenvalue weighted by atomic mass is 10.1. The van der Waals surface area contributed by atoms with Crippen LogP contribution in [0.1, 0.15) is 36.2 Å². The van der Waals surface area contributed by atoms with E-state index >= 15 is 4.39 Å². The zero-order valence-electron chi connectivity index (χ0n) is 24.8. The van der Waals surface area contributed by atoms with Gasteiger partial charge < -0.3 is 35.9 Å². The molecule has 48 heavy (non-hydrogen) atoms. The van der Waals surface area contributed by atoms with Crippen LogP contribution < -0.4 is 11.5 Å². The molecule has 2 unspecified atom stereocenters. The maximum Gasteiger partial charge on any atom is 0.338 e. The minimum Gasteiger partial charge on any atom is -0.453 e. The summed E-state index contributed by atoms with van der Waals surface area (Å²) in [5.41, 5.74) is 12.8. The predicted octanol–water partition coefficient (Wildman–Crippen LogP) is 2.58. The number of nitrogen functional groups attached to an aromatic ring is 2. The molecule has 0 amide bonds. The average molecular weight is 709 g/mol. The molecular weight excluding hydrogens is 681 g/mol. The van der Waals surface area contributed by atoms with Gasteiger partial charge in [0, 0.05) is 0 Å². The topological polar surface area (TPSA) is 224 Å². The fourth-order valence-corrected chi connectivity index (χ4v) is 5.77. The summed E-state index contributed by atoms with van der Waals surface area (Å²) in [6.07, 6.45) is -6.69. The molecule has 2 fully saturated rings. The quantitative estimate of drug-likeness (QED) is 0.147. The van der Waals surface area contributed by atoms with E-state index in [1.165, 1.54) is 21.8 Å². The van der Waals surface area contributed by atoms with Gasteiger partial charge >= 0.3 is 5.97 Å². The summed E-state index contributed by atoms with van der Waals surface area (Å²) in [4.78, 5) is 36.1. The van der Waals surface area contributed by atoms with Gasteiger partial charge in [-0.25, -0.2) is 23.5 Å². The van der Waals surface area contributed by atoms with Gasteiger partial charge in [-0.3, -0.25) is 9.13 Å². The number of aliphatic hydroxyl groups excluding tert-OH is 2. The third kappa shape index (κ3) is 6.17. The second kappa shape index (κ2) is 13.7. The number of nitrogens with two attached hydrogens (primary N) is 2. The maximum atomic E-state index is 15.3. The molecule has 6 heterocycles. The number of hydrogen-bond acceptors (Lipinski definition) is 14. The molecule has 16 nitrogen and oxygen atoms in total. The number of esters is 1. The number of rotatable bonds is 6. The number of imidazole rings is 2. The number of anilines is 2. The third-order valence-electron chi connectivity index (χ3n) is 7.79. The van der Waals surface area contributed by atoms with Crippen molar-refractivity contribution in [2.45, 2.75) is 62.6 Å². The van der Waals surface area contributed by atoms with E-state index in [0.717, 1.165) is 0 Å². The molecule has 0 spiro atoms. The summed E-state index contributed by atoms with van der Waals surface area (Å²) in [6.45, 7) is 1.33. The molecule has 20 heteroatoms. The van der Waals surface area contributed by atoms with Crippen LogP contribution in [0.2, 0.25) is 10.6 Å². The van der Waals surface area contributed by atoms with Crippen LogP contribution in [0, 0.1) is 0 Å². The van der Waals surface area contributed by atoms with Crippen LogP contribution in [0.4, 0.5) is 20.4 Å². The van der Waals surface area contributed by atoms with Crippen molar-refractivity contribution in [2.75, 3.05) is 18.1 Å². The first kappa shape index (κ1) is 33.6. The lowest BCUT2D eigenvalue weighted by Crippen LogP contribution is -2.33. The van der Waals surface area contributed by atoms with Gasteiger partial charge in [0.2, 0.25) is 10.6 Å². The Morgan fingerprint density at radius 3 is 1.92 bits per heavy atom. The summed E-state index contributed by atoms with van der Waals surface area (Å²) in [7, 11) is 0. The molecular formula is C28H28Cl2F2N10O6. The van der Waals surface area contributed by atoms with Crippen molar-refractivity contribution in [1.82, 2.24) is 39.0 Å². The van der Waals surface area contributed by atoms with Gasteiger partial charge in [0.15, 0.2) is 53.8 Å². The normalized spacial score (nSPS) is 26.9. The Hall–Kier alpha value is -4.33. The minimum atomic E-state index is -1.74. The van der Waals surface area contributed by atoms with Gasteiger partial charge in [-0.1, -0.05) is 25.1 Å². The fourth-order valence-electron chi connectivity index (χ4n) is 5.43. The molecule has 0 aliphatic carbocycles. The smallest absolute Gasteiger partial charge is 0.338 e. The van der Waals surface area contributed by atoms with Crippen molar-refractivity contribution in [2.24, 2.45) is 0 Å². The highest BCUT2D eigenvalue weighted by Crippen LogP contribution is 2.38. The van der Waals surface area contributed by atoms with Gasteiger partial charge in [-0.15, -0.1) is 0 Å². The Balaban J connectivity index is 0.000000177. The number of halogens is 4. The molecule has 2 aliphatic heterocycles. The van der Waals surface area contributed by atoms with Crippen LogP contribution in [0.15, 0.2) is 43.0 Å². The van der Waals surface area contributed by atoms with E-state index in [4.69, 9.17) is 54.0 Å². The van der Waals surface area contributed by atoms with Crippen molar-refractivity contribution in [1.29, 1.82) is 0 Å². The van der Waals surface area contributed by atoms with Gasteiger partial charge in [-0.2, -0.15) is 19.9 Å². The molecule has 254 valence electrons. The maximum absolute atomic E-state index is 15.3. The molecule has 0 bridgehead atoms. The lowest BCUT2D eigenvalue weighted by Gasteiger charge is -2.18. The van der Waals surface area contributed by atoms with Gasteiger partial charge in [-0.05, 0) is 41.8 Å². The van der Waals surface area contributed by atoms with E-state index in [1.807, 2.05) is 6.92 Å². The fraction of sp³-hybridized carbons (Fsp3) is 0.393. The third-order valence-corrected chi connectivity index (χ3v) is 8.12. The van der Waals surface area contributed by atoms with Crippen molar-refractivity contribution in [3.05, 3.63) is 59.1 Å². The second-order valence-corrected chi connectivity index (χ2v) is 11.4. The summed E-state index contributed by atoms with van der Waals surface area (Å²) in [5.74, 6) is -0.464. The Kier molecular flexibility index (Phi) is 9.55. The summed E-state index contributed by atoms with van der Waals surface area (Å²) < 4.78 is 48.6. The van der Waals surface area contributed by atoms with Crippen LogP contribution in [0.5, 0.6) is 0 Å². The molecule has 7 rings (SSSR count). The average Bonchev–Trinajstić information content (AvgIpc) is 3.83. The number of nitrogens with zero attached hydrogens (tertiary/aromatic N) is 8. The Morgan fingerprint density at radius 1 is 0.896 bits per heavy atom. The molecule has 0 radical (unpaired) electrons. The first-order valence-corrected chi connectivity index (χ1v) is 15.2. The van der Waals surface area contributed by atoms with Crippen LogP contribution in [0.3, 0.4) is 0 Å².